The van der Waals surface area contributed by atoms with Gasteiger partial charge in [0.2, 0.25) is 0 Å². The molecule has 0 atom stereocenters. The fourth-order valence-electron chi connectivity index (χ4n) is 5.42. The number of hydrogen-bond donors (Lipinski definition) is 1. The summed E-state index contributed by atoms with van der Waals surface area (Å²) in [5.74, 6) is 2.24. The summed E-state index contributed by atoms with van der Waals surface area (Å²) in [5.41, 5.74) is 6.92. The Morgan fingerprint density at radius 2 is 1.50 bits per heavy atom. The minimum Gasteiger partial charge on any atom is -0.299 e. The van der Waals surface area contributed by atoms with E-state index in [1.54, 1.807) is 11.3 Å². The Morgan fingerprint density at radius 3 is 2.24 bits per heavy atom. The van der Waals surface area contributed by atoms with E-state index in [-0.39, 0.29) is 0 Å². The van der Waals surface area contributed by atoms with E-state index in [4.69, 9.17) is 9.97 Å². The van der Waals surface area contributed by atoms with Crippen molar-refractivity contribution < 1.29 is 0 Å². The molecule has 7 heteroatoms. The SMILES string of the molecule is c1ccc(-c2n[nH]c(C3CCN(Cc4ccc(-c5nc6sccn6c5-c5ccccc5)cc4)CC3)n2)cc1. The van der Waals surface area contributed by atoms with Gasteiger partial charge in [-0.3, -0.25) is 14.4 Å². The van der Waals surface area contributed by atoms with Crippen molar-refractivity contribution in [1.82, 2.24) is 29.5 Å². The van der Waals surface area contributed by atoms with Crippen LogP contribution in [-0.4, -0.2) is 42.6 Å². The Bertz CT molecular complexity index is 1640. The third-order valence-corrected chi connectivity index (χ3v) is 8.21. The summed E-state index contributed by atoms with van der Waals surface area (Å²) in [7, 11) is 0. The Hall–Kier alpha value is -4.07. The van der Waals surface area contributed by atoms with Crippen LogP contribution in [0.15, 0.2) is 96.5 Å². The van der Waals surface area contributed by atoms with Gasteiger partial charge in [-0.2, -0.15) is 5.10 Å². The second-order valence-corrected chi connectivity index (χ2v) is 10.8. The van der Waals surface area contributed by atoms with Gasteiger partial charge in [0.1, 0.15) is 5.82 Å². The third kappa shape index (κ3) is 4.44. The molecule has 6 nitrogen and oxygen atoms in total. The van der Waals surface area contributed by atoms with Gasteiger partial charge in [0.15, 0.2) is 10.8 Å². The number of aromatic nitrogens is 5. The van der Waals surface area contributed by atoms with Crippen LogP contribution in [0.25, 0.3) is 38.9 Å². The molecule has 38 heavy (non-hydrogen) atoms. The standard InChI is InChI=1S/C31H28N6S/c1-3-7-24(8-4-1)28-27(32-31-37(28)19-20-38-31)23-13-11-22(12-14-23)21-36-17-15-26(16-18-36)30-33-29(34-35-30)25-9-5-2-6-10-25/h1-14,19-20,26H,15-18,21H2,(H,33,34,35). The summed E-state index contributed by atoms with van der Waals surface area (Å²) in [5, 5.41) is 9.75. The van der Waals surface area contributed by atoms with Gasteiger partial charge in [0, 0.05) is 40.7 Å². The highest BCUT2D eigenvalue weighted by atomic mass is 32.1. The molecule has 0 radical (unpaired) electrons. The third-order valence-electron chi connectivity index (χ3n) is 7.45. The molecule has 0 aliphatic carbocycles. The number of rotatable bonds is 6. The van der Waals surface area contributed by atoms with Gasteiger partial charge in [-0.05, 0) is 31.5 Å². The summed E-state index contributed by atoms with van der Waals surface area (Å²) in [4.78, 5) is 13.3. The first-order chi connectivity index (χ1) is 18.8. The van der Waals surface area contributed by atoms with Crippen molar-refractivity contribution in [3.8, 4) is 33.9 Å². The predicted octanol–water partition coefficient (Wildman–Crippen LogP) is 6.89. The van der Waals surface area contributed by atoms with Crippen molar-refractivity contribution in [1.29, 1.82) is 0 Å². The van der Waals surface area contributed by atoms with Crippen molar-refractivity contribution in [3.63, 3.8) is 0 Å². The van der Waals surface area contributed by atoms with E-state index in [1.165, 1.54) is 11.1 Å². The lowest BCUT2D eigenvalue weighted by Crippen LogP contribution is -2.32. The molecule has 0 unspecified atom stereocenters. The molecule has 0 saturated carbocycles. The molecule has 4 heterocycles. The first-order valence-electron chi connectivity index (χ1n) is 13.1. The second kappa shape index (κ2) is 10.0. The molecule has 1 aliphatic rings. The maximum Gasteiger partial charge on any atom is 0.194 e. The number of nitrogens with one attached hydrogen (secondary N) is 1. The summed E-state index contributed by atoms with van der Waals surface area (Å²) < 4.78 is 2.20. The van der Waals surface area contributed by atoms with Crippen LogP contribution < -0.4 is 0 Å². The molecule has 188 valence electrons. The molecular formula is C31H28N6S. The number of fused-ring (bicyclic) bond motifs is 1. The van der Waals surface area contributed by atoms with Gasteiger partial charge in [0.05, 0.1) is 11.4 Å². The number of likely N-dealkylation sites (tertiary alicyclic amines) is 1. The monoisotopic (exact) mass is 516 g/mol. The van der Waals surface area contributed by atoms with Crippen LogP contribution in [0.2, 0.25) is 0 Å². The summed E-state index contributed by atoms with van der Waals surface area (Å²) >= 11 is 1.67. The maximum atomic E-state index is 4.98. The highest BCUT2D eigenvalue weighted by Gasteiger charge is 2.24. The van der Waals surface area contributed by atoms with Crippen LogP contribution in [0.5, 0.6) is 0 Å². The molecule has 0 bridgehead atoms. The Balaban J connectivity index is 1.03. The fraction of sp³-hybridized carbons (Fsp3) is 0.194. The molecule has 1 saturated heterocycles. The van der Waals surface area contributed by atoms with Crippen LogP contribution >= 0.6 is 11.3 Å². The lowest BCUT2D eigenvalue weighted by atomic mass is 9.95. The zero-order chi connectivity index (χ0) is 25.3. The van der Waals surface area contributed by atoms with Crippen molar-refractivity contribution in [2.24, 2.45) is 0 Å². The number of nitrogens with zero attached hydrogens (tertiary/aromatic N) is 5. The Kier molecular flexibility index (Phi) is 6.08. The van der Waals surface area contributed by atoms with Gasteiger partial charge in [-0.15, -0.1) is 11.3 Å². The van der Waals surface area contributed by atoms with E-state index in [2.05, 4.69) is 97.8 Å². The largest absolute Gasteiger partial charge is 0.299 e. The van der Waals surface area contributed by atoms with E-state index in [9.17, 15) is 0 Å². The normalized spacial score (nSPS) is 14.8. The maximum absolute atomic E-state index is 4.98. The highest BCUT2D eigenvalue weighted by Crippen LogP contribution is 2.34. The van der Waals surface area contributed by atoms with E-state index >= 15 is 0 Å². The molecule has 1 aliphatic heterocycles. The van der Waals surface area contributed by atoms with Gasteiger partial charge in [-0.25, -0.2) is 9.97 Å². The average Bonchev–Trinajstić information content (AvgIpc) is 3.72. The summed E-state index contributed by atoms with van der Waals surface area (Å²) in [6, 6.07) is 29.7. The Labute approximate surface area is 225 Å². The molecule has 6 aromatic rings. The van der Waals surface area contributed by atoms with Crippen LogP contribution in [-0.2, 0) is 6.54 Å². The molecule has 3 aromatic heterocycles. The quantitative estimate of drug-likeness (QED) is 0.262. The van der Waals surface area contributed by atoms with Gasteiger partial charge in [0.25, 0.3) is 0 Å². The molecular weight excluding hydrogens is 488 g/mol. The average molecular weight is 517 g/mol. The smallest absolute Gasteiger partial charge is 0.194 e. The minimum absolute atomic E-state index is 0.435. The number of H-pyrrole nitrogens is 1. The van der Waals surface area contributed by atoms with Crippen molar-refractivity contribution >= 4 is 16.3 Å². The van der Waals surface area contributed by atoms with Crippen molar-refractivity contribution in [2.75, 3.05) is 13.1 Å². The number of imidazole rings is 1. The van der Waals surface area contributed by atoms with Crippen molar-refractivity contribution in [3.05, 3.63) is 108 Å². The highest BCUT2D eigenvalue weighted by molar-refractivity contribution is 7.15. The van der Waals surface area contributed by atoms with Crippen LogP contribution in [0.1, 0.15) is 30.1 Å². The number of piperidine rings is 1. The molecule has 7 rings (SSSR count). The predicted molar refractivity (Wildman–Crippen MR) is 153 cm³/mol. The van der Waals surface area contributed by atoms with Gasteiger partial charge >= 0.3 is 0 Å². The molecule has 1 N–H and O–H groups in total. The molecule has 0 spiro atoms. The summed E-state index contributed by atoms with van der Waals surface area (Å²) in [6.45, 7) is 3.08. The lowest BCUT2D eigenvalue weighted by Gasteiger charge is -2.30. The number of hydrogen-bond acceptors (Lipinski definition) is 5. The molecule has 1 fully saturated rings. The topological polar surface area (TPSA) is 62.1 Å². The van der Waals surface area contributed by atoms with E-state index < -0.39 is 0 Å². The van der Waals surface area contributed by atoms with Crippen LogP contribution in [0.3, 0.4) is 0 Å². The fourth-order valence-corrected chi connectivity index (χ4v) is 6.14. The van der Waals surface area contributed by atoms with Gasteiger partial charge < -0.3 is 0 Å². The van der Waals surface area contributed by atoms with Gasteiger partial charge in [-0.1, -0.05) is 84.9 Å². The second-order valence-electron chi connectivity index (χ2n) is 9.89. The molecule has 0 amide bonds. The zero-order valence-electron chi connectivity index (χ0n) is 21.0. The van der Waals surface area contributed by atoms with Crippen LogP contribution in [0, 0.1) is 0 Å². The Morgan fingerprint density at radius 1 is 0.789 bits per heavy atom. The van der Waals surface area contributed by atoms with Crippen molar-refractivity contribution in [2.45, 2.75) is 25.3 Å². The number of aromatic amines is 1. The van der Waals surface area contributed by atoms with E-state index in [0.717, 1.165) is 71.6 Å². The molecule has 3 aromatic carbocycles. The number of benzene rings is 3. The number of thiazole rings is 1. The van der Waals surface area contributed by atoms with E-state index in [0.29, 0.717) is 5.92 Å². The first-order valence-corrected chi connectivity index (χ1v) is 14.0. The van der Waals surface area contributed by atoms with E-state index in [1.807, 2.05) is 18.2 Å². The minimum atomic E-state index is 0.435. The first kappa shape index (κ1) is 23.1. The van der Waals surface area contributed by atoms with Crippen LogP contribution in [0.4, 0.5) is 0 Å². The zero-order valence-corrected chi connectivity index (χ0v) is 21.8. The summed E-state index contributed by atoms with van der Waals surface area (Å²) in [6.07, 6.45) is 4.29. The lowest BCUT2D eigenvalue weighted by molar-refractivity contribution is 0.202.